The molecule has 0 spiro atoms. The maximum Gasteiger partial charge on any atom is 0.221 e. The van der Waals surface area contributed by atoms with E-state index in [0.717, 1.165) is 35.9 Å². The monoisotopic (exact) mass is 390 g/mol. The van der Waals surface area contributed by atoms with Crippen molar-refractivity contribution in [3.8, 4) is 5.69 Å². The lowest BCUT2D eigenvalue weighted by Crippen LogP contribution is -2.37. The second kappa shape index (κ2) is 10.1. The molecule has 0 atom stereocenters. The van der Waals surface area contributed by atoms with E-state index in [-0.39, 0.29) is 5.91 Å². The molecule has 0 aliphatic heterocycles. The number of rotatable bonds is 7. The van der Waals surface area contributed by atoms with E-state index in [2.05, 4.69) is 50.3 Å². The molecule has 0 unspecified atom stereocenters. The van der Waals surface area contributed by atoms with Crippen molar-refractivity contribution in [3.05, 3.63) is 78.1 Å². The highest BCUT2D eigenvalue weighted by molar-refractivity contribution is 5.88. The van der Waals surface area contributed by atoms with Crippen LogP contribution >= 0.6 is 0 Å². The Balaban J connectivity index is 1.45. The molecule has 0 radical (unpaired) electrons. The van der Waals surface area contributed by atoms with Gasteiger partial charge in [0.2, 0.25) is 5.91 Å². The van der Waals surface area contributed by atoms with Crippen LogP contribution in [0.4, 0.5) is 5.69 Å². The van der Waals surface area contributed by atoms with E-state index in [9.17, 15) is 4.79 Å². The summed E-state index contributed by atoms with van der Waals surface area (Å²) < 4.78 is 1.84. The molecule has 1 amide bonds. The van der Waals surface area contributed by atoms with Gasteiger partial charge < -0.3 is 16.0 Å². The molecule has 0 fully saturated rings. The van der Waals surface area contributed by atoms with Gasteiger partial charge in [0.15, 0.2) is 5.96 Å². The number of aromatic nitrogens is 2. The van der Waals surface area contributed by atoms with Crippen LogP contribution in [0.2, 0.25) is 0 Å². The number of anilines is 1. The van der Waals surface area contributed by atoms with Crippen LogP contribution in [0.15, 0.2) is 72.0 Å². The van der Waals surface area contributed by atoms with Gasteiger partial charge in [0.25, 0.3) is 0 Å². The first-order chi connectivity index (χ1) is 14.1. The number of carbonyl (C=O) groups excluding carboxylic acids is 1. The quantitative estimate of drug-likeness (QED) is 0.428. The SMILES string of the molecule is CN=C(NCCc1ccc(-n2cccn2)cc1)NCc1cccc(NC(C)=O)c1. The maximum absolute atomic E-state index is 11.2. The molecule has 3 rings (SSSR count). The molecule has 7 nitrogen and oxygen atoms in total. The number of hydrogen-bond acceptors (Lipinski definition) is 3. The summed E-state index contributed by atoms with van der Waals surface area (Å²) in [5.41, 5.74) is 4.14. The molecule has 150 valence electrons. The molecule has 3 aromatic rings. The molecular formula is C22H26N6O. The van der Waals surface area contributed by atoms with Crippen molar-refractivity contribution >= 4 is 17.6 Å². The fourth-order valence-electron chi connectivity index (χ4n) is 2.93. The fourth-order valence-corrected chi connectivity index (χ4v) is 2.93. The molecule has 29 heavy (non-hydrogen) atoms. The van der Waals surface area contributed by atoms with E-state index in [1.165, 1.54) is 12.5 Å². The minimum absolute atomic E-state index is 0.0785. The minimum atomic E-state index is -0.0785. The Bertz CT molecular complexity index is 948. The number of aliphatic imine (C=N–C) groups is 1. The molecule has 3 N–H and O–H groups in total. The number of hydrogen-bond donors (Lipinski definition) is 3. The summed E-state index contributed by atoms with van der Waals surface area (Å²) >= 11 is 0. The highest BCUT2D eigenvalue weighted by Crippen LogP contribution is 2.11. The van der Waals surface area contributed by atoms with Crippen molar-refractivity contribution in [1.29, 1.82) is 0 Å². The third kappa shape index (κ3) is 6.21. The van der Waals surface area contributed by atoms with Crippen molar-refractivity contribution in [2.24, 2.45) is 4.99 Å². The van der Waals surface area contributed by atoms with Gasteiger partial charge in [0, 0.05) is 45.1 Å². The molecular weight excluding hydrogens is 364 g/mol. The van der Waals surface area contributed by atoms with E-state index in [1.54, 1.807) is 13.2 Å². The maximum atomic E-state index is 11.2. The Labute approximate surface area is 170 Å². The number of nitrogens with one attached hydrogen (secondary N) is 3. The van der Waals surface area contributed by atoms with Crippen LogP contribution in [-0.2, 0) is 17.8 Å². The van der Waals surface area contributed by atoms with Crippen molar-refractivity contribution in [2.75, 3.05) is 18.9 Å². The molecule has 2 aromatic carbocycles. The lowest BCUT2D eigenvalue weighted by molar-refractivity contribution is -0.114. The van der Waals surface area contributed by atoms with E-state index in [1.807, 2.05) is 41.2 Å². The van der Waals surface area contributed by atoms with Crippen LogP contribution in [0, 0.1) is 0 Å². The Morgan fingerprint density at radius 2 is 1.90 bits per heavy atom. The van der Waals surface area contributed by atoms with Crippen LogP contribution in [0.1, 0.15) is 18.1 Å². The first-order valence-corrected chi connectivity index (χ1v) is 9.54. The second-order valence-corrected chi connectivity index (χ2v) is 6.60. The Hall–Kier alpha value is -3.61. The first kappa shape index (κ1) is 20.1. The van der Waals surface area contributed by atoms with Gasteiger partial charge in [0.05, 0.1) is 5.69 Å². The van der Waals surface area contributed by atoms with Gasteiger partial charge >= 0.3 is 0 Å². The largest absolute Gasteiger partial charge is 0.356 e. The van der Waals surface area contributed by atoms with Crippen molar-refractivity contribution in [3.63, 3.8) is 0 Å². The number of carbonyl (C=O) groups is 1. The van der Waals surface area contributed by atoms with Gasteiger partial charge in [0.1, 0.15) is 0 Å². The molecule has 0 saturated carbocycles. The third-order valence-corrected chi connectivity index (χ3v) is 4.34. The van der Waals surface area contributed by atoms with Gasteiger partial charge in [-0.3, -0.25) is 9.79 Å². The zero-order valence-corrected chi connectivity index (χ0v) is 16.7. The summed E-state index contributed by atoms with van der Waals surface area (Å²) in [4.78, 5) is 15.5. The van der Waals surface area contributed by atoms with Gasteiger partial charge in [-0.15, -0.1) is 0 Å². The van der Waals surface area contributed by atoms with E-state index < -0.39 is 0 Å². The molecule has 1 heterocycles. The van der Waals surface area contributed by atoms with E-state index >= 15 is 0 Å². The lowest BCUT2D eigenvalue weighted by atomic mass is 10.1. The van der Waals surface area contributed by atoms with Gasteiger partial charge in [-0.1, -0.05) is 24.3 Å². The zero-order valence-electron chi connectivity index (χ0n) is 16.7. The predicted molar refractivity (Wildman–Crippen MR) is 116 cm³/mol. The van der Waals surface area contributed by atoms with E-state index in [4.69, 9.17) is 0 Å². The molecule has 0 aliphatic rings. The predicted octanol–water partition coefficient (Wildman–Crippen LogP) is 2.74. The Morgan fingerprint density at radius 1 is 1.07 bits per heavy atom. The van der Waals surface area contributed by atoms with Gasteiger partial charge in [-0.2, -0.15) is 5.10 Å². The lowest BCUT2D eigenvalue weighted by Gasteiger charge is -2.13. The molecule has 7 heteroatoms. The Kier molecular flexibility index (Phi) is 7.00. The average Bonchev–Trinajstić information content (AvgIpc) is 3.26. The Morgan fingerprint density at radius 3 is 2.59 bits per heavy atom. The highest BCUT2D eigenvalue weighted by Gasteiger charge is 2.02. The number of nitrogens with zero attached hydrogens (tertiary/aromatic N) is 3. The van der Waals surface area contributed by atoms with Crippen LogP contribution in [-0.4, -0.2) is 35.2 Å². The summed E-state index contributed by atoms with van der Waals surface area (Å²) in [6.07, 6.45) is 4.59. The number of amides is 1. The van der Waals surface area contributed by atoms with Crippen LogP contribution in [0.25, 0.3) is 5.69 Å². The first-order valence-electron chi connectivity index (χ1n) is 9.54. The summed E-state index contributed by atoms with van der Waals surface area (Å²) in [6.45, 7) is 2.89. The third-order valence-electron chi connectivity index (χ3n) is 4.34. The molecule has 0 saturated heterocycles. The van der Waals surface area contributed by atoms with Crippen molar-refractivity contribution in [1.82, 2.24) is 20.4 Å². The van der Waals surface area contributed by atoms with Crippen LogP contribution in [0.5, 0.6) is 0 Å². The molecule has 1 aromatic heterocycles. The topological polar surface area (TPSA) is 83.3 Å². The summed E-state index contributed by atoms with van der Waals surface area (Å²) in [7, 11) is 1.75. The standard InChI is InChI=1S/C22H26N6O/c1-17(29)27-20-6-3-5-19(15-20)16-25-22(23-2)24-13-11-18-7-9-21(10-8-18)28-14-4-12-26-28/h3-10,12,14-15H,11,13,16H2,1-2H3,(H,27,29)(H2,23,24,25). The van der Waals surface area contributed by atoms with Gasteiger partial charge in [-0.25, -0.2) is 4.68 Å². The highest BCUT2D eigenvalue weighted by atomic mass is 16.1. The minimum Gasteiger partial charge on any atom is -0.356 e. The van der Waals surface area contributed by atoms with Crippen molar-refractivity contribution < 1.29 is 4.79 Å². The second-order valence-electron chi connectivity index (χ2n) is 6.60. The van der Waals surface area contributed by atoms with Gasteiger partial charge in [-0.05, 0) is 47.9 Å². The number of benzene rings is 2. The van der Waals surface area contributed by atoms with E-state index in [0.29, 0.717) is 6.54 Å². The zero-order chi connectivity index (χ0) is 20.5. The molecule has 0 aliphatic carbocycles. The summed E-state index contributed by atoms with van der Waals surface area (Å²) in [5.74, 6) is 0.660. The van der Waals surface area contributed by atoms with Crippen LogP contribution in [0.3, 0.4) is 0 Å². The average molecular weight is 390 g/mol. The van der Waals surface area contributed by atoms with Crippen molar-refractivity contribution in [2.45, 2.75) is 19.9 Å². The number of guanidine groups is 1. The normalized spacial score (nSPS) is 11.2. The molecule has 0 bridgehead atoms. The summed E-state index contributed by atoms with van der Waals surface area (Å²) in [5, 5.41) is 13.7. The smallest absolute Gasteiger partial charge is 0.221 e. The summed E-state index contributed by atoms with van der Waals surface area (Å²) in [6, 6.07) is 18.0. The van der Waals surface area contributed by atoms with Crippen LogP contribution < -0.4 is 16.0 Å². The fraction of sp³-hybridized carbons (Fsp3) is 0.227.